The van der Waals surface area contributed by atoms with Crippen LogP contribution in [0.2, 0.25) is 0 Å². The largest absolute Gasteiger partial charge is 0.239 e. The van der Waals surface area contributed by atoms with Crippen molar-refractivity contribution >= 4 is 15.9 Å². The molecule has 1 aliphatic rings. The monoisotopic (exact) mass is 228 g/mol. The second kappa shape index (κ2) is 2.56. The van der Waals surface area contributed by atoms with Gasteiger partial charge in [-0.2, -0.15) is 0 Å². The minimum absolute atomic E-state index is 0.616. The minimum atomic E-state index is -1.11. The van der Waals surface area contributed by atoms with Gasteiger partial charge in [0.25, 0.3) is 0 Å². The molecule has 0 N–H and O–H groups in total. The first-order chi connectivity index (χ1) is 5.61. The van der Waals surface area contributed by atoms with Crippen LogP contribution in [-0.4, -0.2) is 0 Å². The quantitative estimate of drug-likeness (QED) is 0.637. The predicted octanol–water partition coefficient (Wildman–Crippen LogP) is 3.58. The van der Waals surface area contributed by atoms with Gasteiger partial charge < -0.3 is 0 Å². The topological polar surface area (TPSA) is 0 Å². The predicted molar refractivity (Wildman–Crippen MR) is 50.9 cm³/mol. The fraction of sp³-hybridized carbons (Fsp3) is 0.400. The molecule has 2 rings (SSSR count). The Kier molecular flexibility index (Phi) is 1.76. The zero-order valence-corrected chi connectivity index (χ0v) is 8.49. The zero-order valence-electron chi connectivity index (χ0n) is 6.90. The summed E-state index contributed by atoms with van der Waals surface area (Å²) in [5, 5.41) is 0. The van der Waals surface area contributed by atoms with Crippen molar-refractivity contribution in [1.29, 1.82) is 0 Å². The van der Waals surface area contributed by atoms with Crippen molar-refractivity contribution in [3.63, 3.8) is 0 Å². The van der Waals surface area contributed by atoms with Crippen LogP contribution in [0, 0.1) is 0 Å². The Morgan fingerprint density at radius 2 is 2.25 bits per heavy atom. The Bertz CT molecular complexity index is 318. The molecule has 0 amide bonds. The first-order valence-corrected chi connectivity index (χ1v) is 4.87. The number of fused-ring (bicyclic) bond motifs is 1. The van der Waals surface area contributed by atoms with Crippen molar-refractivity contribution in [2.24, 2.45) is 0 Å². The maximum Gasteiger partial charge on any atom is 0.133 e. The number of alkyl halides is 1. The van der Waals surface area contributed by atoms with E-state index in [4.69, 9.17) is 0 Å². The number of benzene rings is 1. The summed E-state index contributed by atoms with van der Waals surface area (Å²) in [5.41, 5.74) is 0.887. The molecule has 1 aliphatic carbocycles. The van der Waals surface area contributed by atoms with Gasteiger partial charge >= 0.3 is 0 Å². The molecular formula is C10H10BrF. The maximum atomic E-state index is 13.8. The third kappa shape index (κ3) is 1.09. The lowest BCUT2D eigenvalue weighted by molar-refractivity contribution is 0.194. The third-order valence-electron chi connectivity index (χ3n) is 2.52. The highest BCUT2D eigenvalue weighted by molar-refractivity contribution is 9.10. The van der Waals surface area contributed by atoms with Crippen molar-refractivity contribution in [3.05, 3.63) is 33.8 Å². The van der Waals surface area contributed by atoms with E-state index >= 15 is 0 Å². The van der Waals surface area contributed by atoms with Gasteiger partial charge in [-0.15, -0.1) is 0 Å². The van der Waals surface area contributed by atoms with Gasteiger partial charge in [0, 0.05) is 4.47 Å². The van der Waals surface area contributed by atoms with Crippen molar-refractivity contribution in [2.45, 2.75) is 25.4 Å². The Balaban J connectivity index is 2.61. The van der Waals surface area contributed by atoms with Gasteiger partial charge in [-0.25, -0.2) is 4.39 Å². The molecule has 0 bridgehead atoms. The van der Waals surface area contributed by atoms with Crippen LogP contribution in [0.1, 0.15) is 24.5 Å². The second-order valence-corrected chi connectivity index (χ2v) is 4.32. The van der Waals surface area contributed by atoms with E-state index < -0.39 is 5.67 Å². The van der Waals surface area contributed by atoms with E-state index in [1.807, 2.05) is 18.2 Å². The van der Waals surface area contributed by atoms with Crippen LogP contribution >= 0.6 is 15.9 Å². The molecule has 0 radical (unpaired) electrons. The molecule has 1 aromatic rings. The average molecular weight is 229 g/mol. The van der Waals surface area contributed by atoms with Crippen molar-refractivity contribution in [3.8, 4) is 0 Å². The van der Waals surface area contributed by atoms with Crippen LogP contribution in [0.25, 0.3) is 0 Å². The first-order valence-electron chi connectivity index (χ1n) is 4.08. The zero-order chi connectivity index (χ0) is 8.77. The molecule has 12 heavy (non-hydrogen) atoms. The van der Waals surface area contributed by atoms with Crippen molar-refractivity contribution in [1.82, 2.24) is 0 Å². The highest BCUT2D eigenvalue weighted by atomic mass is 79.9. The summed E-state index contributed by atoms with van der Waals surface area (Å²) in [7, 11) is 0. The molecule has 0 aliphatic heterocycles. The summed E-state index contributed by atoms with van der Waals surface area (Å²) >= 11 is 3.43. The molecule has 0 nitrogen and oxygen atoms in total. The molecular weight excluding hydrogens is 219 g/mol. The molecule has 1 unspecified atom stereocenters. The van der Waals surface area contributed by atoms with E-state index in [9.17, 15) is 4.39 Å². The maximum absolute atomic E-state index is 13.8. The lowest BCUT2D eigenvalue weighted by atomic mass is 10.0. The van der Waals surface area contributed by atoms with E-state index in [2.05, 4.69) is 15.9 Å². The Morgan fingerprint density at radius 3 is 2.92 bits per heavy atom. The highest BCUT2D eigenvalue weighted by Gasteiger charge is 2.34. The van der Waals surface area contributed by atoms with Crippen LogP contribution in [0.3, 0.4) is 0 Å². The molecule has 0 saturated carbocycles. The fourth-order valence-electron chi connectivity index (χ4n) is 1.80. The summed E-state index contributed by atoms with van der Waals surface area (Å²) < 4.78 is 14.8. The van der Waals surface area contributed by atoms with E-state index in [1.165, 1.54) is 0 Å². The van der Waals surface area contributed by atoms with E-state index in [-0.39, 0.29) is 0 Å². The van der Waals surface area contributed by atoms with Crippen molar-refractivity contribution < 1.29 is 4.39 Å². The molecule has 0 fully saturated rings. The van der Waals surface area contributed by atoms with Gasteiger partial charge in [0.15, 0.2) is 0 Å². The van der Waals surface area contributed by atoms with Gasteiger partial charge in [-0.3, -0.25) is 0 Å². The highest BCUT2D eigenvalue weighted by Crippen LogP contribution is 2.42. The molecule has 0 spiro atoms. The normalized spacial score (nSPS) is 27.2. The van der Waals surface area contributed by atoms with Gasteiger partial charge in [0.2, 0.25) is 0 Å². The Morgan fingerprint density at radius 1 is 1.50 bits per heavy atom. The van der Waals surface area contributed by atoms with Crippen LogP contribution in [-0.2, 0) is 12.1 Å². The van der Waals surface area contributed by atoms with Gasteiger partial charge in [-0.05, 0) is 37.0 Å². The SMILES string of the molecule is CC1(F)CCc2c(Br)cccc21. The van der Waals surface area contributed by atoms with E-state index in [1.54, 1.807) is 6.92 Å². The molecule has 0 saturated heterocycles. The molecule has 0 heterocycles. The van der Waals surface area contributed by atoms with Gasteiger partial charge in [0.05, 0.1) is 0 Å². The lowest BCUT2D eigenvalue weighted by Gasteiger charge is -2.13. The summed E-state index contributed by atoms with van der Waals surface area (Å²) in [6.45, 7) is 1.66. The Hall–Kier alpha value is -0.370. The molecule has 0 aromatic heterocycles. The fourth-order valence-corrected chi connectivity index (χ4v) is 2.36. The summed E-state index contributed by atoms with van der Waals surface area (Å²) in [6, 6.07) is 5.75. The van der Waals surface area contributed by atoms with Gasteiger partial charge in [-0.1, -0.05) is 28.1 Å². The number of hydrogen-bond acceptors (Lipinski definition) is 0. The third-order valence-corrected chi connectivity index (χ3v) is 3.27. The van der Waals surface area contributed by atoms with Crippen molar-refractivity contribution in [2.75, 3.05) is 0 Å². The average Bonchev–Trinajstić information content (AvgIpc) is 2.30. The van der Waals surface area contributed by atoms with Crippen LogP contribution in [0.4, 0.5) is 4.39 Å². The van der Waals surface area contributed by atoms with E-state index in [0.29, 0.717) is 6.42 Å². The molecule has 2 heteroatoms. The molecule has 1 atom stereocenters. The van der Waals surface area contributed by atoms with E-state index in [0.717, 1.165) is 22.0 Å². The molecule has 64 valence electrons. The van der Waals surface area contributed by atoms with Crippen LogP contribution in [0.15, 0.2) is 22.7 Å². The number of hydrogen-bond donors (Lipinski definition) is 0. The summed E-state index contributed by atoms with van der Waals surface area (Å²) in [6.07, 6.45) is 1.47. The smallest absolute Gasteiger partial charge is 0.133 e. The number of rotatable bonds is 0. The van der Waals surface area contributed by atoms with Gasteiger partial charge in [0.1, 0.15) is 5.67 Å². The summed E-state index contributed by atoms with van der Waals surface area (Å²) in [5.74, 6) is 0. The minimum Gasteiger partial charge on any atom is -0.239 e. The molecule has 1 aromatic carbocycles. The first kappa shape index (κ1) is 8.24. The summed E-state index contributed by atoms with van der Waals surface area (Å²) in [4.78, 5) is 0. The standard InChI is InChI=1S/C10H10BrF/c1-10(12)6-5-7-8(10)3-2-4-9(7)11/h2-4H,5-6H2,1H3. The Labute approximate surface area is 79.9 Å². The van der Waals surface area contributed by atoms with Crippen LogP contribution < -0.4 is 0 Å². The lowest BCUT2D eigenvalue weighted by Crippen LogP contribution is -2.09. The number of halogens is 2. The second-order valence-electron chi connectivity index (χ2n) is 3.46. The van der Waals surface area contributed by atoms with Crippen LogP contribution in [0.5, 0.6) is 0 Å².